The SMILES string of the molecule is CS(=O)(=O)C1=C(C(=O)[C@@H](N)Cc2ccccc2)C=CCC1. The number of Topliss-reactive ketones (excluding diaryl/α,β-unsaturated/α-hetero) is 1. The van der Waals surface area contributed by atoms with Crippen LogP contribution in [0.15, 0.2) is 53.0 Å². The molecule has 1 aliphatic rings. The fraction of sp³-hybridized carbons (Fsp3) is 0.312. The molecule has 21 heavy (non-hydrogen) atoms. The first-order chi connectivity index (χ1) is 9.89. The molecule has 5 heteroatoms. The van der Waals surface area contributed by atoms with Gasteiger partial charge in [-0.2, -0.15) is 0 Å². The number of hydrogen-bond acceptors (Lipinski definition) is 4. The number of sulfone groups is 1. The lowest BCUT2D eigenvalue weighted by Gasteiger charge is -2.17. The summed E-state index contributed by atoms with van der Waals surface area (Å²) in [6, 6.07) is 8.72. The van der Waals surface area contributed by atoms with Gasteiger partial charge in [-0.15, -0.1) is 0 Å². The van der Waals surface area contributed by atoms with Crippen molar-refractivity contribution in [1.29, 1.82) is 0 Å². The maximum atomic E-state index is 12.5. The van der Waals surface area contributed by atoms with Crippen LogP contribution in [-0.4, -0.2) is 26.5 Å². The van der Waals surface area contributed by atoms with Crippen molar-refractivity contribution in [1.82, 2.24) is 0 Å². The lowest BCUT2D eigenvalue weighted by atomic mass is 9.95. The molecule has 1 aromatic rings. The van der Waals surface area contributed by atoms with Gasteiger partial charge in [0.25, 0.3) is 0 Å². The second-order valence-electron chi connectivity index (χ2n) is 5.21. The van der Waals surface area contributed by atoms with Gasteiger partial charge < -0.3 is 5.73 Å². The molecule has 0 unspecified atom stereocenters. The Labute approximate surface area is 125 Å². The number of hydrogen-bond donors (Lipinski definition) is 1. The first-order valence-electron chi connectivity index (χ1n) is 6.83. The first-order valence-corrected chi connectivity index (χ1v) is 8.72. The molecule has 0 heterocycles. The molecule has 112 valence electrons. The number of carbonyl (C=O) groups excluding carboxylic acids is 1. The largest absolute Gasteiger partial charge is 0.321 e. The van der Waals surface area contributed by atoms with Gasteiger partial charge in [0, 0.05) is 11.8 Å². The van der Waals surface area contributed by atoms with E-state index in [2.05, 4.69) is 0 Å². The minimum absolute atomic E-state index is 0.207. The minimum atomic E-state index is -3.37. The average Bonchev–Trinajstić information content (AvgIpc) is 2.46. The molecule has 0 spiro atoms. The molecule has 0 fully saturated rings. The van der Waals surface area contributed by atoms with Crippen molar-refractivity contribution in [2.24, 2.45) is 5.73 Å². The predicted octanol–water partition coefficient (Wildman–Crippen LogP) is 1.77. The van der Waals surface area contributed by atoms with Crippen molar-refractivity contribution in [3.05, 3.63) is 58.5 Å². The van der Waals surface area contributed by atoms with Crippen molar-refractivity contribution < 1.29 is 13.2 Å². The van der Waals surface area contributed by atoms with Crippen LogP contribution in [0.25, 0.3) is 0 Å². The number of ketones is 1. The van der Waals surface area contributed by atoms with Crippen molar-refractivity contribution in [2.75, 3.05) is 6.26 Å². The highest BCUT2D eigenvalue weighted by Crippen LogP contribution is 2.25. The Kier molecular flexibility index (Phi) is 4.75. The van der Waals surface area contributed by atoms with Crippen LogP contribution in [0, 0.1) is 0 Å². The van der Waals surface area contributed by atoms with E-state index in [1.807, 2.05) is 36.4 Å². The molecule has 1 aromatic carbocycles. The summed E-state index contributed by atoms with van der Waals surface area (Å²) in [5, 5.41) is 0. The minimum Gasteiger partial charge on any atom is -0.321 e. The molecule has 4 nitrogen and oxygen atoms in total. The highest BCUT2D eigenvalue weighted by atomic mass is 32.2. The highest BCUT2D eigenvalue weighted by molar-refractivity contribution is 7.94. The third-order valence-electron chi connectivity index (χ3n) is 3.47. The first kappa shape index (κ1) is 15.7. The second kappa shape index (κ2) is 6.37. The molecular weight excluding hydrogens is 286 g/mol. The summed E-state index contributed by atoms with van der Waals surface area (Å²) in [5.74, 6) is -0.310. The van der Waals surface area contributed by atoms with Gasteiger partial charge in [-0.3, -0.25) is 4.79 Å². The normalized spacial score (nSPS) is 16.9. The lowest BCUT2D eigenvalue weighted by Crippen LogP contribution is -2.34. The molecule has 0 amide bonds. The summed E-state index contributed by atoms with van der Waals surface area (Å²) in [6.07, 6.45) is 5.94. The zero-order valence-electron chi connectivity index (χ0n) is 12.0. The maximum absolute atomic E-state index is 12.5. The number of rotatable bonds is 5. The summed E-state index contributed by atoms with van der Waals surface area (Å²) in [4.78, 5) is 12.7. The molecule has 0 aliphatic heterocycles. The monoisotopic (exact) mass is 305 g/mol. The Balaban J connectivity index is 2.25. The fourth-order valence-electron chi connectivity index (χ4n) is 2.41. The van der Waals surface area contributed by atoms with Gasteiger partial charge >= 0.3 is 0 Å². The Morgan fingerprint density at radius 3 is 2.57 bits per heavy atom. The van der Waals surface area contributed by atoms with Crippen LogP contribution in [0.5, 0.6) is 0 Å². The highest BCUT2D eigenvalue weighted by Gasteiger charge is 2.26. The van der Waals surface area contributed by atoms with Crippen molar-refractivity contribution >= 4 is 15.6 Å². The van der Waals surface area contributed by atoms with Crippen LogP contribution < -0.4 is 5.73 Å². The summed E-state index contributed by atoms with van der Waals surface area (Å²) < 4.78 is 23.6. The Bertz CT molecular complexity index is 687. The van der Waals surface area contributed by atoms with E-state index < -0.39 is 15.9 Å². The Hall–Kier alpha value is -1.72. The number of allylic oxidation sites excluding steroid dienone is 3. The molecule has 0 aromatic heterocycles. The van der Waals surface area contributed by atoms with Crippen LogP contribution in [0.4, 0.5) is 0 Å². The topological polar surface area (TPSA) is 77.2 Å². The molecule has 0 saturated heterocycles. The van der Waals surface area contributed by atoms with Crippen LogP contribution in [-0.2, 0) is 21.1 Å². The smallest absolute Gasteiger partial charge is 0.180 e. The van der Waals surface area contributed by atoms with E-state index in [9.17, 15) is 13.2 Å². The summed E-state index contributed by atoms with van der Waals surface area (Å²) in [5.41, 5.74) is 7.17. The van der Waals surface area contributed by atoms with E-state index in [4.69, 9.17) is 5.73 Å². The third kappa shape index (κ3) is 3.89. The summed E-state index contributed by atoms with van der Waals surface area (Å²) >= 11 is 0. The summed E-state index contributed by atoms with van der Waals surface area (Å²) in [6.45, 7) is 0. The maximum Gasteiger partial charge on any atom is 0.180 e. The molecule has 1 aliphatic carbocycles. The van der Waals surface area contributed by atoms with Crippen LogP contribution in [0.3, 0.4) is 0 Å². The van der Waals surface area contributed by atoms with Gasteiger partial charge in [-0.25, -0.2) is 8.42 Å². The van der Waals surface area contributed by atoms with Gasteiger partial charge in [0.1, 0.15) is 0 Å². The zero-order chi connectivity index (χ0) is 15.5. The van der Waals surface area contributed by atoms with Gasteiger partial charge in [-0.1, -0.05) is 42.5 Å². The molecular formula is C16H19NO3S. The number of carbonyl (C=O) groups is 1. The zero-order valence-corrected chi connectivity index (χ0v) is 12.8. The molecule has 1 atom stereocenters. The number of nitrogens with two attached hydrogens (primary N) is 1. The van der Waals surface area contributed by atoms with E-state index in [1.54, 1.807) is 6.08 Å². The summed E-state index contributed by atoms with van der Waals surface area (Å²) in [7, 11) is -3.37. The standard InChI is InChI=1S/C16H19NO3S/c1-21(19,20)15-10-6-5-9-13(15)16(18)14(17)11-12-7-3-2-4-8-12/h2-5,7-9,14H,6,10-11,17H2,1H3/t14-/m0/s1. The molecule has 0 saturated carbocycles. The van der Waals surface area contributed by atoms with Crippen LogP contribution in [0.2, 0.25) is 0 Å². The molecule has 2 N–H and O–H groups in total. The van der Waals surface area contributed by atoms with E-state index in [0.717, 1.165) is 11.8 Å². The van der Waals surface area contributed by atoms with E-state index in [-0.39, 0.29) is 16.3 Å². The third-order valence-corrected chi connectivity index (χ3v) is 4.79. The van der Waals surface area contributed by atoms with Crippen LogP contribution >= 0.6 is 0 Å². The van der Waals surface area contributed by atoms with E-state index in [1.165, 1.54) is 0 Å². The second-order valence-corrected chi connectivity index (χ2v) is 7.25. The Morgan fingerprint density at radius 1 is 1.29 bits per heavy atom. The predicted molar refractivity (Wildman–Crippen MR) is 83.4 cm³/mol. The van der Waals surface area contributed by atoms with Gasteiger partial charge in [0.05, 0.1) is 10.9 Å². The number of benzene rings is 1. The van der Waals surface area contributed by atoms with E-state index in [0.29, 0.717) is 19.3 Å². The van der Waals surface area contributed by atoms with Crippen molar-refractivity contribution in [3.8, 4) is 0 Å². The lowest BCUT2D eigenvalue weighted by molar-refractivity contribution is -0.116. The van der Waals surface area contributed by atoms with Crippen molar-refractivity contribution in [3.63, 3.8) is 0 Å². The molecule has 0 bridgehead atoms. The molecule has 0 radical (unpaired) electrons. The van der Waals surface area contributed by atoms with Crippen molar-refractivity contribution in [2.45, 2.75) is 25.3 Å². The van der Waals surface area contributed by atoms with Gasteiger partial charge in [0.2, 0.25) is 0 Å². The van der Waals surface area contributed by atoms with Crippen LogP contribution in [0.1, 0.15) is 18.4 Å². The van der Waals surface area contributed by atoms with Gasteiger partial charge in [-0.05, 0) is 24.8 Å². The average molecular weight is 305 g/mol. The Morgan fingerprint density at radius 2 is 1.95 bits per heavy atom. The van der Waals surface area contributed by atoms with Gasteiger partial charge in [0.15, 0.2) is 15.6 Å². The fourth-order valence-corrected chi connectivity index (χ4v) is 3.47. The quantitative estimate of drug-likeness (QED) is 0.899. The molecule has 2 rings (SSSR count). The van der Waals surface area contributed by atoms with E-state index >= 15 is 0 Å².